The summed E-state index contributed by atoms with van der Waals surface area (Å²) >= 11 is 0. The van der Waals surface area contributed by atoms with E-state index in [1.807, 2.05) is 14.1 Å². The van der Waals surface area contributed by atoms with Crippen LogP contribution in [-0.2, 0) is 4.74 Å². The van der Waals surface area contributed by atoms with Crippen molar-refractivity contribution in [2.75, 3.05) is 20.7 Å². The van der Waals surface area contributed by atoms with Crippen LogP contribution in [0, 0.1) is 12.3 Å². The number of ether oxygens (including phenoxy) is 1. The maximum atomic E-state index is 9.96. The number of hydrogen-bond acceptors (Lipinski definition) is 6. The molecule has 3 atom stereocenters. The Labute approximate surface area is 139 Å². The Kier molecular flexibility index (Phi) is 4.49. The molecule has 3 rings (SSSR count). The van der Waals surface area contributed by atoms with Crippen molar-refractivity contribution in [2.24, 2.45) is 4.99 Å². The van der Waals surface area contributed by atoms with Crippen LogP contribution in [-0.4, -0.2) is 68.9 Å². The maximum absolute atomic E-state index is 9.96. The minimum Gasteiger partial charge on any atom is -0.394 e. The third-order valence-electron chi connectivity index (χ3n) is 3.85. The number of aromatic nitrogens is 3. The average Bonchev–Trinajstić information content (AvgIpc) is 3.13. The summed E-state index contributed by atoms with van der Waals surface area (Å²) in [5.41, 5.74) is 1.18. The average molecular weight is 329 g/mol. The van der Waals surface area contributed by atoms with Gasteiger partial charge in [0.25, 0.3) is 0 Å². The summed E-state index contributed by atoms with van der Waals surface area (Å²) in [6.07, 6.45) is 8.95. The molecule has 126 valence electrons. The van der Waals surface area contributed by atoms with Crippen LogP contribution in [0.4, 0.5) is 5.82 Å². The Hall–Kier alpha value is -2.47. The summed E-state index contributed by atoms with van der Waals surface area (Å²) in [5.74, 6) is 3.09. The Balaban J connectivity index is 2.08. The third-order valence-corrected chi connectivity index (χ3v) is 3.85. The van der Waals surface area contributed by atoms with E-state index in [1.54, 1.807) is 22.0 Å². The number of aliphatic hydroxyl groups is 2. The van der Waals surface area contributed by atoms with E-state index >= 15 is 0 Å². The molecule has 0 aromatic carbocycles. The second-order valence-corrected chi connectivity index (χ2v) is 5.81. The molecule has 2 aromatic rings. The van der Waals surface area contributed by atoms with Crippen molar-refractivity contribution in [1.29, 1.82) is 0 Å². The molecule has 2 aromatic heterocycles. The van der Waals surface area contributed by atoms with E-state index in [2.05, 4.69) is 20.9 Å². The summed E-state index contributed by atoms with van der Waals surface area (Å²) in [6.45, 7) is -0.244. The number of nitrogens with zero attached hydrogens (tertiary/aromatic N) is 5. The predicted octanol–water partition coefficient (Wildman–Crippen LogP) is 0.275. The lowest BCUT2D eigenvalue weighted by Gasteiger charge is -2.14. The second-order valence-electron chi connectivity index (χ2n) is 5.81. The Bertz CT molecular complexity index is 808. The van der Waals surface area contributed by atoms with Crippen molar-refractivity contribution < 1.29 is 14.9 Å². The zero-order valence-electron chi connectivity index (χ0n) is 13.5. The number of terminal acetylenes is 1. The molecule has 0 aliphatic carbocycles. The molecule has 2 N–H and O–H groups in total. The highest BCUT2D eigenvalue weighted by Gasteiger charge is 2.35. The van der Waals surface area contributed by atoms with Crippen LogP contribution >= 0.6 is 0 Å². The van der Waals surface area contributed by atoms with Gasteiger partial charge in [-0.2, -0.15) is 0 Å². The lowest BCUT2D eigenvalue weighted by atomic mass is 10.2. The first-order valence-electron chi connectivity index (χ1n) is 7.52. The maximum Gasteiger partial charge on any atom is 0.167 e. The topological polar surface area (TPSA) is 96.0 Å². The molecule has 1 saturated heterocycles. The van der Waals surface area contributed by atoms with Gasteiger partial charge < -0.3 is 24.4 Å². The van der Waals surface area contributed by atoms with Crippen molar-refractivity contribution in [3.05, 3.63) is 18.1 Å². The van der Waals surface area contributed by atoms with Gasteiger partial charge in [-0.3, -0.25) is 0 Å². The highest BCUT2D eigenvalue weighted by atomic mass is 16.5. The molecule has 1 aliphatic heterocycles. The molecule has 3 heterocycles. The highest BCUT2D eigenvalue weighted by molar-refractivity contribution is 5.93. The lowest BCUT2D eigenvalue weighted by Crippen LogP contribution is -2.24. The number of aliphatic imine (C=N–C) groups is 1. The van der Waals surface area contributed by atoms with Gasteiger partial charge in [0.2, 0.25) is 0 Å². The van der Waals surface area contributed by atoms with Crippen molar-refractivity contribution >= 4 is 23.2 Å². The molecule has 8 heteroatoms. The number of rotatable bonds is 4. The van der Waals surface area contributed by atoms with Crippen LogP contribution in [0.2, 0.25) is 0 Å². The summed E-state index contributed by atoms with van der Waals surface area (Å²) in [6, 6.07) is 0. The molecule has 0 bridgehead atoms. The molecule has 24 heavy (non-hydrogen) atoms. The fourth-order valence-corrected chi connectivity index (χ4v) is 2.72. The fraction of sp³-hybridized carbons (Fsp3) is 0.438. The van der Waals surface area contributed by atoms with Gasteiger partial charge >= 0.3 is 0 Å². The SMILES string of the molecule is C#Cc1cn([C@H]2C[C@H](O)[C@@H](CO)O2)c2ncnc(N=CN(C)C)c12. The molecule has 1 fully saturated rings. The van der Waals surface area contributed by atoms with Gasteiger partial charge in [-0.05, 0) is 0 Å². The van der Waals surface area contributed by atoms with Crippen LogP contribution in [0.3, 0.4) is 0 Å². The van der Waals surface area contributed by atoms with Gasteiger partial charge in [-0.25, -0.2) is 15.0 Å². The standard InChI is InChI=1S/C16H19N5O3/c1-4-10-6-21(13-5-11(23)12(7-22)24-13)16-14(10)15(17-8-18-16)19-9-20(2)3/h1,6,8-9,11-13,22-23H,5,7H2,2-3H3/t11-,12+,13+/m0/s1. The van der Waals surface area contributed by atoms with Gasteiger partial charge in [-0.15, -0.1) is 6.42 Å². The van der Waals surface area contributed by atoms with Gasteiger partial charge in [0.15, 0.2) is 5.82 Å². The summed E-state index contributed by atoms with van der Waals surface area (Å²) in [5, 5.41) is 19.9. The molecule has 0 amide bonds. The molecule has 0 spiro atoms. The summed E-state index contributed by atoms with van der Waals surface area (Å²) in [4.78, 5) is 14.6. The van der Waals surface area contributed by atoms with Crippen LogP contribution in [0.5, 0.6) is 0 Å². The first-order chi connectivity index (χ1) is 11.5. The van der Waals surface area contributed by atoms with Crippen LogP contribution < -0.4 is 0 Å². The zero-order chi connectivity index (χ0) is 17.3. The minimum atomic E-state index is -0.736. The number of fused-ring (bicyclic) bond motifs is 1. The molecule has 8 nitrogen and oxygen atoms in total. The van der Waals surface area contributed by atoms with Crippen molar-refractivity contribution in [1.82, 2.24) is 19.4 Å². The van der Waals surface area contributed by atoms with E-state index in [4.69, 9.17) is 11.2 Å². The zero-order valence-corrected chi connectivity index (χ0v) is 13.5. The van der Waals surface area contributed by atoms with Crippen molar-refractivity contribution in [2.45, 2.75) is 24.9 Å². The first kappa shape index (κ1) is 16.4. The first-order valence-corrected chi connectivity index (χ1v) is 7.52. The Morgan fingerprint density at radius 1 is 1.54 bits per heavy atom. The lowest BCUT2D eigenvalue weighted by molar-refractivity contribution is -0.0430. The van der Waals surface area contributed by atoms with E-state index in [1.165, 1.54) is 6.33 Å². The van der Waals surface area contributed by atoms with Crippen LogP contribution in [0.1, 0.15) is 18.2 Å². The summed E-state index contributed by atoms with van der Waals surface area (Å²) in [7, 11) is 3.72. The van der Waals surface area contributed by atoms with Crippen molar-refractivity contribution in [3.8, 4) is 12.3 Å². The predicted molar refractivity (Wildman–Crippen MR) is 88.9 cm³/mol. The summed E-state index contributed by atoms with van der Waals surface area (Å²) < 4.78 is 7.46. The van der Waals surface area contributed by atoms with Crippen LogP contribution in [0.15, 0.2) is 17.5 Å². The molecule has 0 saturated carbocycles. The second kappa shape index (κ2) is 6.57. The van der Waals surface area contributed by atoms with E-state index < -0.39 is 18.4 Å². The molecule has 0 radical (unpaired) electrons. The van der Waals surface area contributed by atoms with E-state index in [9.17, 15) is 10.2 Å². The molecular weight excluding hydrogens is 310 g/mol. The van der Waals surface area contributed by atoms with Crippen molar-refractivity contribution in [3.63, 3.8) is 0 Å². The number of hydrogen-bond donors (Lipinski definition) is 2. The van der Waals surface area contributed by atoms with E-state index in [0.717, 1.165) is 0 Å². The van der Waals surface area contributed by atoms with E-state index in [-0.39, 0.29) is 6.61 Å². The Morgan fingerprint density at radius 2 is 2.33 bits per heavy atom. The van der Waals surface area contributed by atoms with Crippen LogP contribution in [0.25, 0.3) is 11.0 Å². The highest BCUT2D eigenvalue weighted by Crippen LogP contribution is 2.35. The largest absolute Gasteiger partial charge is 0.394 e. The van der Waals surface area contributed by atoms with E-state index in [0.29, 0.717) is 28.8 Å². The molecular formula is C16H19N5O3. The number of aliphatic hydroxyl groups excluding tert-OH is 2. The smallest absolute Gasteiger partial charge is 0.167 e. The molecule has 1 aliphatic rings. The Morgan fingerprint density at radius 3 is 2.96 bits per heavy atom. The van der Waals surface area contributed by atoms with Gasteiger partial charge in [0.05, 0.1) is 30.0 Å². The van der Waals surface area contributed by atoms with Gasteiger partial charge in [-0.1, -0.05) is 5.92 Å². The fourth-order valence-electron chi connectivity index (χ4n) is 2.72. The van der Waals surface area contributed by atoms with Gasteiger partial charge in [0, 0.05) is 26.7 Å². The monoisotopic (exact) mass is 329 g/mol. The normalized spacial score (nSPS) is 23.9. The minimum absolute atomic E-state index is 0.244. The van der Waals surface area contributed by atoms with Gasteiger partial charge in [0.1, 0.15) is 24.3 Å². The third kappa shape index (κ3) is 2.85. The molecule has 0 unspecified atom stereocenters. The quantitative estimate of drug-likeness (QED) is 0.475.